The molecule has 0 fully saturated rings. The summed E-state index contributed by atoms with van der Waals surface area (Å²) in [6.45, 7) is 0. The Labute approximate surface area is 122 Å². The Morgan fingerprint density at radius 2 is 1.76 bits per heavy atom. The van der Waals surface area contributed by atoms with Gasteiger partial charge in [0.05, 0.1) is 14.2 Å². The van der Waals surface area contributed by atoms with Gasteiger partial charge in [-0.05, 0) is 18.2 Å². The fraction of sp³-hybridized carbons (Fsp3) is 0.176. The van der Waals surface area contributed by atoms with Gasteiger partial charge in [0.2, 0.25) is 0 Å². The molecule has 0 aliphatic carbocycles. The molecule has 0 aliphatic heterocycles. The second kappa shape index (κ2) is 5.86. The summed E-state index contributed by atoms with van der Waals surface area (Å²) in [5, 5.41) is 10.8. The summed E-state index contributed by atoms with van der Waals surface area (Å²) in [6, 6.07) is 10.6. The van der Waals surface area contributed by atoms with Crippen molar-refractivity contribution in [3.05, 3.63) is 59.4 Å². The molecule has 2 aromatic carbocycles. The zero-order valence-electron chi connectivity index (χ0n) is 11.8. The van der Waals surface area contributed by atoms with E-state index in [4.69, 9.17) is 15.9 Å². The predicted octanol–water partition coefficient (Wildman–Crippen LogP) is 2.71. The van der Waals surface area contributed by atoms with Crippen LogP contribution in [0.5, 0.6) is 11.5 Å². The lowest BCUT2D eigenvalue weighted by Gasteiger charge is -2.24. The summed E-state index contributed by atoms with van der Waals surface area (Å²) in [5.74, 6) is 2.58. The fourth-order valence-electron chi connectivity index (χ4n) is 2.13. The van der Waals surface area contributed by atoms with Crippen molar-refractivity contribution in [2.45, 2.75) is 5.60 Å². The third-order valence-electron chi connectivity index (χ3n) is 3.27. The number of benzene rings is 2. The number of hydrogen-bond donors (Lipinski definition) is 1. The molecule has 108 valence electrons. The SMILES string of the molecule is C#CC(O)(c1ccc(OC)c(OC)c1)c1ccccc1F. The average Bonchev–Trinajstić information content (AvgIpc) is 2.53. The van der Waals surface area contributed by atoms with E-state index in [1.165, 1.54) is 38.5 Å². The number of halogens is 1. The number of terminal acetylenes is 1. The zero-order chi connectivity index (χ0) is 15.5. The van der Waals surface area contributed by atoms with E-state index in [2.05, 4.69) is 5.92 Å². The van der Waals surface area contributed by atoms with Gasteiger partial charge in [-0.2, -0.15) is 0 Å². The molecule has 2 rings (SSSR count). The molecule has 0 heterocycles. The number of ether oxygens (including phenoxy) is 2. The Bertz CT molecular complexity index is 691. The first-order chi connectivity index (χ1) is 10.1. The number of aliphatic hydroxyl groups is 1. The monoisotopic (exact) mass is 286 g/mol. The van der Waals surface area contributed by atoms with E-state index in [9.17, 15) is 9.50 Å². The van der Waals surface area contributed by atoms with E-state index in [0.29, 0.717) is 17.1 Å². The molecular formula is C17H15FO3. The van der Waals surface area contributed by atoms with Gasteiger partial charge in [0.25, 0.3) is 0 Å². The molecule has 0 saturated carbocycles. The largest absolute Gasteiger partial charge is 0.493 e. The van der Waals surface area contributed by atoms with Gasteiger partial charge in [0, 0.05) is 11.1 Å². The van der Waals surface area contributed by atoms with Gasteiger partial charge in [0.15, 0.2) is 17.1 Å². The number of methoxy groups -OCH3 is 2. The first-order valence-electron chi connectivity index (χ1n) is 6.24. The van der Waals surface area contributed by atoms with Crippen LogP contribution in [0.1, 0.15) is 11.1 Å². The van der Waals surface area contributed by atoms with E-state index < -0.39 is 11.4 Å². The topological polar surface area (TPSA) is 38.7 Å². The van der Waals surface area contributed by atoms with E-state index in [1.54, 1.807) is 18.2 Å². The molecule has 2 aromatic rings. The van der Waals surface area contributed by atoms with Crippen molar-refractivity contribution in [1.82, 2.24) is 0 Å². The van der Waals surface area contributed by atoms with Gasteiger partial charge >= 0.3 is 0 Å². The van der Waals surface area contributed by atoms with E-state index >= 15 is 0 Å². The van der Waals surface area contributed by atoms with Crippen molar-refractivity contribution in [1.29, 1.82) is 0 Å². The summed E-state index contributed by atoms with van der Waals surface area (Å²) in [5.41, 5.74) is -1.54. The molecule has 1 N–H and O–H groups in total. The van der Waals surface area contributed by atoms with Crippen molar-refractivity contribution in [3.8, 4) is 23.8 Å². The minimum Gasteiger partial charge on any atom is -0.493 e. The van der Waals surface area contributed by atoms with E-state index in [1.807, 2.05) is 0 Å². The lowest BCUT2D eigenvalue weighted by atomic mass is 9.86. The van der Waals surface area contributed by atoms with Crippen molar-refractivity contribution in [2.75, 3.05) is 14.2 Å². The Balaban J connectivity index is 2.62. The zero-order valence-corrected chi connectivity index (χ0v) is 11.8. The molecule has 1 unspecified atom stereocenters. The summed E-state index contributed by atoms with van der Waals surface area (Å²) in [6.07, 6.45) is 5.46. The average molecular weight is 286 g/mol. The van der Waals surface area contributed by atoms with Gasteiger partial charge in [-0.25, -0.2) is 4.39 Å². The molecular weight excluding hydrogens is 271 g/mol. The first-order valence-corrected chi connectivity index (χ1v) is 6.24. The Kier molecular flexibility index (Phi) is 4.15. The maximum absolute atomic E-state index is 14.0. The van der Waals surface area contributed by atoms with E-state index in [0.717, 1.165) is 0 Å². The van der Waals surface area contributed by atoms with Crippen molar-refractivity contribution < 1.29 is 19.0 Å². The van der Waals surface area contributed by atoms with Crippen LogP contribution in [-0.2, 0) is 5.60 Å². The Morgan fingerprint density at radius 1 is 1.10 bits per heavy atom. The third-order valence-corrected chi connectivity index (χ3v) is 3.27. The standard InChI is InChI=1S/C17H15FO3/c1-4-17(19,13-7-5-6-8-14(13)18)12-9-10-15(20-2)16(11-12)21-3/h1,5-11,19H,2-3H3. The van der Waals surface area contributed by atoms with Crippen molar-refractivity contribution >= 4 is 0 Å². The number of hydrogen-bond acceptors (Lipinski definition) is 3. The summed E-state index contributed by atoms with van der Waals surface area (Å²) < 4.78 is 24.3. The summed E-state index contributed by atoms with van der Waals surface area (Å²) in [7, 11) is 2.97. The Hall–Kier alpha value is -2.51. The highest BCUT2D eigenvalue weighted by atomic mass is 19.1. The van der Waals surface area contributed by atoms with Gasteiger partial charge in [-0.3, -0.25) is 0 Å². The van der Waals surface area contributed by atoms with Crippen molar-refractivity contribution in [3.63, 3.8) is 0 Å². The van der Waals surface area contributed by atoms with Gasteiger partial charge in [0.1, 0.15) is 5.82 Å². The highest BCUT2D eigenvalue weighted by Crippen LogP contribution is 2.36. The molecule has 3 nitrogen and oxygen atoms in total. The van der Waals surface area contributed by atoms with Crippen molar-refractivity contribution in [2.24, 2.45) is 0 Å². The van der Waals surface area contributed by atoms with Crippen LogP contribution < -0.4 is 9.47 Å². The van der Waals surface area contributed by atoms with Crippen LogP contribution in [0, 0.1) is 18.2 Å². The van der Waals surface area contributed by atoms with Crippen LogP contribution in [0.25, 0.3) is 0 Å². The van der Waals surface area contributed by atoms with Gasteiger partial charge in [-0.15, -0.1) is 6.42 Å². The van der Waals surface area contributed by atoms with Crippen LogP contribution >= 0.6 is 0 Å². The normalized spacial score (nSPS) is 13.1. The minimum atomic E-state index is -1.88. The van der Waals surface area contributed by atoms with E-state index in [-0.39, 0.29) is 5.56 Å². The lowest BCUT2D eigenvalue weighted by Crippen LogP contribution is -2.26. The quantitative estimate of drug-likeness (QED) is 0.878. The van der Waals surface area contributed by atoms with Crippen LogP contribution in [0.4, 0.5) is 4.39 Å². The third kappa shape index (κ3) is 2.56. The molecule has 21 heavy (non-hydrogen) atoms. The van der Waals surface area contributed by atoms with Gasteiger partial charge in [-0.1, -0.05) is 30.2 Å². The molecule has 4 heteroatoms. The van der Waals surface area contributed by atoms with Gasteiger partial charge < -0.3 is 14.6 Å². The van der Waals surface area contributed by atoms with Crippen LogP contribution in [0.3, 0.4) is 0 Å². The maximum Gasteiger partial charge on any atom is 0.179 e. The molecule has 0 spiro atoms. The molecule has 0 amide bonds. The lowest BCUT2D eigenvalue weighted by molar-refractivity contribution is 0.140. The highest BCUT2D eigenvalue weighted by molar-refractivity contribution is 5.51. The highest BCUT2D eigenvalue weighted by Gasteiger charge is 2.32. The van der Waals surface area contributed by atoms with Crippen LogP contribution in [0.15, 0.2) is 42.5 Å². The maximum atomic E-state index is 14.0. The smallest absolute Gasteiger partial charge is 0.179 e. The first kappa shape index (κ1) is 14.9. The number of rotatable bonds is 4. The minimum absolute atomic E-state index is 0.0136. The molecule has 0 radical (unpaired) electrons. The fourth-order valence-corrected chi connectivity index (χ4v) is 2.13. The van der Waals surface area contributed by atoms with Crippen LogP contribution in [0.2, 0.25) is 0 Å². The molecule has 0 bridgehead atoms. The molecule has 1 atom stereocenters. The molecule has 0 saturated heterocycles. The summed E-state index contributed by atoms with van der Waals surface area (Å²) in [4.78, 5) is 0. The second-order valence-corrected chi connectivity index (χ2v) is 4.40. The Morgan fingerprint density at radius 3 is 2.33 bits per heavy atom. The predicted molar refractivity (Wildman–Crippen MR) is 77.8 cm³/mol. The molecule has 0 aromatic heterocycles. The molecule has 0 aliphatic rings. The second-order valence-electron chi connectivity index (χ2n) is 4.40. The summed E-state index contributed by atoms with van der Waals surface area (Å²) >= 11 is 0. The van der Waals surface area contributed by atoms with Crippen LogP contribution in [-0.4, -0.2) is 19.3 Å².